The highest BCUT2D eigenvalue weighted by Crippen LogP contribution is 2.16. The molecule has 1 aliphatic heterocycles. The number of carbonyl (C=O) groups excluding carboxylic acids is 1. The average Bonchev–Trinajstić information content (AvgIpc) is 2.33. The van der Waals surface area contributed by atoms with E-state index in [4.69, 9.17) is 5.73 Å². The van der Waals surface area contributed by atoms with Crippen LogP contribution in [0.15, 0.2) is 0 Å². The SMILES string of the molecule is CC1CCCN1C(=O)[C@@H](C)N. The molecular formula is C8H16N2O. The molecule has 0 aromatic heterocycles. The predicted molar refractivity (Wildman–Crippen MR) is 44.1 cm³/mol. The number of amides is 1. The molecule has 0 radical (unpaired) electrons. The summed E-state index contributed by atoms with van der Waals surface area (Å²) in [6.07, 6.45) is 2.25. The van der Waals surface area contributed by atoms with Gasteiger partial charge in [-0.1, -0.05) is 0 Å². The predicted octanol–water partition coefficient (Wildman–Crippen LogP) is 0.345. The highest BCUT2D eigenvalue weighted by Gasteiger charge is 2.26. The van der Waals surface area contributed by atoms with Gasteiger partial charge in [0.05, 0.1) is 6.04 Å². The molecule has 1 heterocycles. The molecular weight excluding hydrogens is 140 g/mol. The van der Waals surface area contributed by atoms with E-state index in [9.17, 15) is 4.79 Å². The lowest BCUT2D eigenvalue weighted by molar-refractivity contribution is -0.132. The highest BCUT2D eigenvalue weighted by atomic mass is 16.2. The molecule has 0 aromatic rings. The first-order valence-electron chi connectivity index (χ1n) is 4.19. The maximum Gasteiger partial charge on any atom is 0.239 e. The van der Waals surface area contributed by atoms with Gasteiger partial charge >= 0.3 is 0 Å². The van der Waals surface area contributed by atoms with Crippen LogP contribution in [0.2, 0.25) is 0 Å². The van der Waals surface area contributed by atoms with Gasteiger partial charge in [-0.15, -0.1) is 0 Å². The molecule has 0 bridgehead atoms. The molecule has 0 spiro atoms. The topological polar surface area (TPSA) is 46.3 Å². The molecule has 2 atom stereocenters. The summed E-state index contributed by atoms with van der Waals surface area (Å²) in [5, 5.41) is 0. The van der Waals surface area contributed by atoms with Crippen molar-refractivity contribution in [3.05, 3.63) is 0 Å². The van der Waals surface area contributed by atoms with Crippen molar-refractivity contribution in [2.24, 2.45) is 5.73 Å². The zero-order valence-electron chi connectivity index (χ0n) is 7.21. The fraction of sp³-hybridized carbons (Fsp3) is 0.875. The summed E-state index contributed by atoms with van der Waals surface area (Å²) < 4.78 is 0. The monoisotopic (exact) mass is 156 g/mol. The minimum absolute atomic E-state index is 0.0926. The van der Waals surface area contributed by atoms with Gasteiger partial charge in [-0.3, -0.25) is 4.79 Å². The van der Waals surface area contributed by atoms with Crippen molar-refractivity contribution in [3.8, 4) is 0 Å². The number of hydrogen-bond donors (Lipinski definition) is 1. The van der Waals surface area contributed by atoms with E-state index in [1.54, 1.807) is 6.92 Å². The zero-order valence-corrected chi connectivity index (χ0v) is 7.21. The second-order valence-corrected chi connectivity index (χ2v) is 3.31. The van der Waals surface area contributed by atoms with Crippen LogP contribution in [-0.2, 0) is 4.79 Å². The van der Waals surface area contributed by atoms with Crippen molar-refractivity contribution in [1.82, 2.24) is 4.90 Å². The summed E-state index contributed by atoms with van der Waals surface area (Å²) >= 11 is 0. The fourth-order valence-electron chi connectivity index (χ4n) is 1.52. The Labute approximate surface area is 67.5 Å². The van der Waals surface area contributed by atoms with E-state index in [0.29, 0.717) is 6.04 Å². The third kappa shape index (κ3) is 1.71. The molecule has 0 aromatic carbocycles. The first kappa shape index (κ1) is 8.53. The van der Waals surface area contributed by atoms with Crippen LogP contribution in [0.3, 0.4) is 0 Å². The molecule has 1 saturated heterocycles. The van der Waals surface area contributed by atoms with Crippen molar-refractivity contribution in [2.75, 3.05) is 6.54 Å². The van der Waals surface area contributed by atoms with Crippen LogP contribution in [0.4, 0.5) is 0 Å². The van der Waals surface area contributed by atoms with Gasteiger partial charge in [0.15, 0.2) is 0 Å². The van der Waals surface area contributed by atoms with Crippen LogP contribution < -0.4 is 5.73 Å². The van der Waals surface area contributed by atoms with Crippen molar-refractivity contribution in [1.29, 1.82) is 0 Å². The number of rotatable bonds is 1. The van der Waals surface area contributed by atoms with Crippen LogP contribution in [0.1, 0.15) is 26.7 Å². The van der Waals surface area contributed by atoms with E-state index in [1.807, 2.05) is 4.90 Å². The van der Waals surface area contributed by atoms with Crippen molar-refractivity contribution in [2.45, 2.75) is 38.8 Å². The molecule has 11 heavy (non-hydrogen) atoms. The number of nitrogens with zero attached hydrogens (tertiary/aromatic N) is 1. The van der Waals surface area contributed by atoms with Crippen molar-refractivity contribution < 1.29 is 4.79 Å². The Morgan fingerprint density at radius 1 is 1.73 bits per heavy atom. The summed E-state index contributed by atoms with van der Waals surface area (Å²) in [6, 6.07) is 0.0593. The first-order chi connectivity index (χ1) is 5.13. The van der Waals surface area contributed by atoms with Gasteiger partial charge in [0, 0.05) is 12.6 Å². The van der Waals surface area contributed by atoms with Crippen molar-refractivity contribution >= 4 is 5.91 Å². The summed E-state index contributed by atoms with van der Waals surface area (Å²) in [7, 11) is 0. The number of likely N-dealkylation sites (tertiary alicyclic amines) is 1. The first-order valence-corrected chi connectivity index (χ1v) is 4.19. The molecule has 3 heteroatoms. The molecule has 1 aliphatic rings. The molecule has 64 valence electrons. The van der Waals surface area contributed by atoms with Gasteiger partial charge in [-0.25, -0.2) is 0 Å². The quantitative estimate of drug-likeness (QED) is 0.595. The van der Waals surface area contributed by atoms with Gasteiger partial charge in [-0.05, 0) is 26.7 Å². The number of nitrogens with two attached hydrogens (primary N) is 1. The van der Waals surface area contributed by atoms with E-state index >= 15 is 0 Å². The third-order valence-corrected chi connectivity index (χ3v) is 2.23. The molecule has 3 nitrogen and oxygen atoms in total. The zero-order chi connectivity index (χ0) is 8.43. The second-order valence-electron chi connectivity index (χ2n) is 3.31. The maximum absolute atomic E-state index is 11.4. The lowest BCUT2D eigenvalue weighted by Gasteiger charge is -2.23. The summed E-state index contributed by atoms with van der Waals surface area (Å²) in [5.74, 6) is 0.0926. The summed E-state index contributed by atoms with van der Waals surface area (Å²) in [6.45, 7) is 4.71. The van der Waals surface area contributed by atoms with Gasteiger partial charge in [-0.2, -0.15) is 0 Å². The van der Waals surface area contributed by atoms with E-state index in [-0.39, 0.29) is 11.9 Å². The molecule has 2 N–H and O–H groups in total. The molecule has 0 saturated carbocycles. The Bertz CT molecular complexity index is 156. The maximum atomic E-state index is 11.4. The van der Waals surface area contributed by atoms with Gasteiger partial charge in [0.1, 0.15) is 0 Å². The van der Waals surface area contributed by atoms with Crippen LogP contribution in [-0.4, -0.2) is 29.4 Å². The lowest BCUT2D eigenvalue weighted by Crippen LogP contribution is -2.43. The molecule has 0 aliphatic carbocycles. The highest BCUT2D eigenvalue weighted by molar-refractivity contribution is 5.81. The molecule has 1 rings (SSSR count). The largest absolute Gasteiger partial charge is 0.339 e. The standard InChI is InChI=1S/C8H16N2O/c1-6-4-3-5-10(6)8(11)7(2)9/h6-7H,3-5,9H2,1-2H3/t6?,7-/m1/s1. The molecule has 1 amide bonds. The Hall–Kier alpha value is -0.570. The molecule has 1 fully saturated rings. The number of carbonyl (C=O) groups is 1. The minimum atomic E-state index is -0.337. The third-order valence-electron chi connectivity index (χ3n) is 2.23. The number of hydrogen-bond acceptors (Lipinski definition) is 2. The van der Waals surface area contributed by atoms with Crippen LogP contribution in [0.25, 0.3) is 0 Å². The van der Waals surface area contributed by atoms with E-state index in [0.717, 1.165) is 19.4 Å². The van der Waals surface area contributed by atoms with E-state index < -0.39 is 0 Å². The fourth-order valence-corrected chi connectivity index (χ4v) is 1.52. The van der Waals surface area contributed by atoms with Crippen LogP contribution in [0.5, 0.6) is 0 Å². The van der Waals surface area contributed by atoms with Gasteiger partial charge < -0.3 is 10.6 Å². The Balaban J connectivity index is 2.53. The average molecular weight is 156 g/mol. The van der Waals surface area contributed by atoms with Crippen molar-refractivity contribution in [3.63, 3.8) is 0 Å². The van der Waals surface area contributed by atoms with Crippen LogP contribution >= 0.6 is 0 Å². The Morgan fingerprint density at radius 3 is 2.73 bits per heavy atom. The van der Waals surface area contributed by atoms with E-state index in [2.05, 4.69) is 6.92 Å². The van der Waals surface area contributed by atoms with Gasteiger partial charge in [0.2, 0.25) is 5.91 Å². The van der Waals surface area contributed by atoms with Gasteiger partial charge in [0.25, 0.3) is 0 Å². The summed E-state index contributed by atoms with van der Waals surface area (Å²) in [5.41, 5.74) is 5.49. The van der Waals surface area contributed by atoms with Crippen LogP contribution in [0, 0.1) is 0 Å². The normalized spacial score (nSPS) is 27.2. The van der Waals surface area contributed by atoms with E-state index in [1.165, 1.54) is 0 Å². The lowest BCUT2D eigenvalue weighted by atomic mass is 10.2. The summed E-state index contributed by atoms with van der Waals surface area (Å²) in [4.78, 5) is 13.2. The Kier molecular flexibility index (Phi) is 2.49. The minimum Gasteiger partial charge on any atom is -0.339 e. The Morgan fingerprint density at radius 2 is 2.36 bits per heavy atom. The molecule has 1 unspecified atom stereocenters. The second kappa shape index (κ2) is 3.22. The smallest absolute Gasteiger partial charge is 0.239 e.